The van der Waals surface area contributed by atoms with E-state index in [-0.39, 0.29) is 17.5 Å². The smallest absolute Gasteiger partial charge is 0.234 e. The van der Waals surface area contributed by atoms with Crippen LogP contribution in [0.2, 0.25) is 0 Å². The Balaban J connectivity index is 1.60. The number of amides is 1. The number of hydrogen-bond acceptors (Lipinski definition) is 4. The number of nitrogens with zero attached hydrogens (tertiary/aromatic N) is 1. The van der Waals surface area contributed by atoms with Gasteiger partial charge in [0.1, 0.15) is 11.6 Å². The lowest BCUT2D eigenvalue weighted by atomic mass is 10.2. The summed E-state index contributed by atoms with van der Waals surface area (Å²) in [6.07, 6.45) is 1.66. The SMILES string of the molecule is COc1ccc(C)cc1NC(=O)CSc1ncc(-c2ccc(F)cc2)[nH]1. The lowest BCUT2D eigenvalue weighted by Gasteiger charge is -2.10. The summed E-state index contributed by atoms with van der Waals surface area (Å²) in [5, 5.41) is 3.47. The minimum Gasteiger partial charge on any atom is -0.495 e. The molecule has 134 valence electrons. The zero-order valence-electron chi connectivity index (χ0n) is 14.4. The molecule has 2 N–H and O–H groups in total. The highest BCUT2D eigenvalue weighted by Gasteiger charge is 2.10. The van der Waals surface area contributed by atoms with Crippen LogP contribution in [0.25, 0.3) is 11.3 Å². The number of H-pyrrole nitrogens is 1. The Morgan fingerprint density at radius 2 is 2.04 bits per heavy atom. The number of aromatic nitrogens is 2. The number of nitrogens with one attached hydrogen (secondary N) is 2. The first kappa shape index (κ1) is 18.0. The van der Waals surface area contributed by atoms with Crippen molar-refractivity contribution in [3.05, 3.63) is 60.0 Å². The Labute approximate surface area is 155 Å². The maximum atomic E-state index is 13.0. The number of aromatic amines is 1. The van der Waals surface area contributed by atoms with Crippen molar-refractivity contribution in [1.82, 2.24) is 9.97 Å². The molecule has 0 aliphatic carbocycles. The highest BCUT2D eigenvalue weighted by molar-refractivity contribution is 7.99. The standard InChI is InChI=1S/C19H18FN3O2S/c1-12-3-8-17(25-2)15(9-12)22-18(24)11-26-19-21-10-16(23-19)13-4-6-14(20)7-5-13/h3-10H,11H2,1-2H3,(H,21,23)(H,22,24). The largest absolute Gasteiger partial charge is 0.495 e. The molecule has 0 radical (unpaired) electrons. The number of carbonyl (C=O) groups excluding carboxylic acids is 1. The monoisotopic (exact) mass is 371 g/mol. The van der Waals surface area contributed by atoms with E-state index < -0.39 is 0 Å². The first-order valence-corrected chi connectivity index (χ1v) is 8.92. The first-order chi connectivity index (χ1) is 12.5. The van der Waals surface area contributed by atoms with Crippen molar-refractivity contribution >= 4 is 23.4 Å². The molecule has 0 aliphatic heterocycles. The Kier molecular flexibility index (Phi) is 5.58. The summed E-state index contributed by atoms with van der Waals surface area (Å²) in [4.78, 5) is 19.6. The van der Waals surface area contributed by atoms with Crippen molar-refractivity contribution in [1.29, 1.82) is 0 Å². The van der Waals surface area contributed by atoms with Crippen LogP contribution in [0.15, 0.2) is 53.8 Å². The second-order valence-electron chi connectivity index (χ2n) is 5.65. The van der Waals surface area contributed by atoms with Gasteiger partial charge in [-0.05, 0) is 54.4 Å². The van der Waals surface area contributed by atoms with Gasteiger partial charge in [0, 0.05) is 0 Å². The molecule has 0 fully saturated rings. The average Bonchev–Trinajstić information content (AvgIpc) is 3.10. The third-order valence-corrected chi connectivity index (χ3v) is 4.56. The fraction of sp³-hybridized carbons (Fsp3) is 0.158. The number of hydrogen-bond donors (Lipinski definition) is 2. The molecule has 1 amide bonds. The fourth-order valence-electron chi connectivity index (χ4n) is 2.39. The van der Waals surface area contributed by atoms with Gasteiger partial charge in [-0.3, -0.25) is 4.79 Å². The Hall–Kier alpha value is -2.80. The maximum absolute atomic E-state index is 13.0. The molecule has 1 heterocycles. The van der Waals surface area contributed by atoms with Gasteiger partial charge in [-0.15, -0.1) is 0 Å². The minimum absolute atomic E-state index is 0.154. The number of ether oxygens (including phenoxy) is 1. The second kappa shape index (κ2) is 8.05. The average molecular weight is 371 g/mol. The third kappa shape index (κ3) is 4.43. The normalized spacial score (nSPS) is 10.6. The Morgan fingerprint density at radius 1 is 1.27 bits per heavy atom. The molecule has 5 nitrogen and oxygen atoms in total. The molecule has 0 bridgehead atoms. The number of aryl methyl sites for hydroxylation is 1. The first-order valence-electron chi connectivity index (χ1n) is 7.93. The number of rotatable bonds is 6. The molecule has 26 heavy (non-hydrogen) atoms. The molecule has 2 aromatic carbocycles. The van der Waals surface area contributed by atoms with Gasteiger partial charge in [0.25, 0.3) is 0 Å². The molecule has 0 atom stereocenters. The van der Waals surface area contributed by atoms with Crippen LogP contribution in [-0.2, 0) is 4.79 Å². The molecule has 7 heteroatoms. The predicted octanol–water partition coefficient (Wildman–Crippen LogP) is 4.26. The molecule has 0 saturated carbocycles. The van der Waals surface area contributed by atoms with Gasteiger partial charge in [0.05, 0.1) is 30.4 Å². The van der Waals surface area contributed by atoms with E-state index in [1.807, 2.05) is 25.1 Å². The topological polar surface area (TPSA) is 67.0 Å². The van der Waals surface area contributed by atoms with E-state index in [2.05, 4.69) is 15.3 Å². The van der Waals surface area contributed by atoms with Gasteiger partial charge in [-0.25, -0.2) is 9.37 Å². The summed E-state index contributed by atoms with van der Waals surface area (Å²) < 4.78 is 18.2. The number of imidazole rings is 1. The van der Waals surface area contributed by atoms with E-state index in [0.29, 0.717) is 16.6 Å². The second-order valence-corrected chi connectivity index (χ2v) is 6.61. The van der Waals surface area contributed by atoms with E-state index in [9.17, 15) is 9.18 Å². The van der Waals surface area contributed by atoms with Gasteiger partial charge in [0.15, 0.2) is 5.16 Å². The number of carbonyl (C=O) groups is 1. The minimum atomic E-state index is -0.286. The van der Waals surface area contributed by atoms with E-state index >= 15 is 0 Å². The van der Waals surface area contributed by atoms with Crippen molar-refractivity contribution in [3.8, 4) is 17.0 Å². The van der Waals surface area contributed by atoms with Crippen LogP contribution in [0.1, 0.15) is 5.56 Å². The number of anilines is 1. The number of methoxy groups -OCH3 is 1. The quantitative estimate of drug-likeness (QED) is 0.635. The highest BCUT2D eigenvalue weighted by atomic mass is 32.2. The number of benzene rings is 2. The Bertz CT molecular complexity index is 909. The lowest BCUT2D eigenvalue weighted by molar-refractivity contribution is -0.113. The van der Waals surface area contributed by atoms with Crippen molar-refractivity contribution in [2.24, 2.45) is 0 Å². The van der Waals surface area contributed by atoms with E-state index in [1.54, 1.807) is 25.4 Å². The highest BCUT2D eigenvalue weighted by Crippen LogP contribution is 2.26. The fourth-order valence-corrected chi connectivity index (χ4v) is 3.04. The van der Waals surface area contributed by atoms with Crippen LogP contribution in [0.3, 0.4) is 0 Å². The molecule has 0 saturated heterocycles. The van der Waals surface area contributed by atoms with Gasteiger partial charge < -0.3 is 15.0 Å². The molecular weight excluding hydrogens is 353 g/mol. The lowest BCUT2D eigenvalue weighted by Crippen LogP contribution is -2.15. The van der Waals surface area contributed by atoms with E-state index in [0.717, 1.165) is 16.8 Å². The zero-order chi connectivity index (χ0) is 18.5. The summed E-state index contributed by atoms with van der Waals surface area (Å²) in [6.45, 7) is 1.95. The molecule has 3 rings (SSSR count). The van der Waals surface area contributed by atoms with Crippen molar-refractivity contribution in [2.45, 2.75) is 12.1 Å². The molecule has 1 aromatic heterocycles. The van der Waals surface area contributed by atoms with Crippen molar-refractivity contribution in [3.63, 3.8) is 0 Å². The zero-order valence-corrected chi connectivity index (χ0v) is 15.2. The summed E-state index contributed by atoms with van der Waals surface area (Å²) >= 11 is 1.29. The predicted molar refractivity (Wildman–Crippen MR) is 101 cm³/mol. The van der Waals surface area contributed by atoms with E-state index in [4.69, 9.17) is 4.74 Å². The van der Waals surface area contributed by atoms with Crippen LogP contribution in [0, 0.1) is 12.7 Å². The number of halogens is 1. The molecule has 3 aromatic rings. The van der Waals surface area contributed by atoms with E-state index in [1.165, 1.54) is 23.9 Å². The number of thioether (sulfide) groups is 1. The van der Waals surface area contributed by atoms with Crippen LogP contribution >= 0.6 is 11.8 Å². The van der Waals surface area contributed by atoms with Crippen LogP contribution in [0.4, 0.5) is 10.1 Å². The summed E-state index contributed by atoms with van der Waals surface area (Å²) in [5.41, 5.74) is 3.28. The third-order valence-electron chi connectivity index (χ3n) is 3.68. The van der Waals surface area contributed by atoms with Crippen molar-refractivity contribution < 1.29 is 13.9 Å². The Morgan fingerprint density at radius 3 is 2.77 bits per heavy atom. The van der Waals surface area contributed by atoms with Gasteiger partial charge in [-0.2, -0.15) is 0 Å². The molecular formula is C19H18FN3O2S. The molecule has 0 unspecified atom stereocenters. The summed E-state index contributed by atoms with van der Waals surface area (Å²) in [6, 6.07) is 11.7. The van der Waals surface area contributed by atoms with Gasteiger partial charge in [0.2, 0.25) is 5.91 Å². The summed E-state index contributed by atoms with van der Waals surface area (Å²) in [5.74, 6) is 0.378. The van der Waals surface area contributed by atoms with Gasteiger partial charge in [-0.1, -0.05) is 17.8 Å². The van der Waals surface area contributed by atoms with Crippen molar-refractivity contribution in [2.75, 3.05) is 18.2 Å². The van der Waals surface area contributed by atoms with Crippen LogP contribution in [-0.4, -0.2) is 28.7 Å². The maximum Gasteiger partial charge on any atom is 0.234 e. The molecule has 0 aliphatic rings. The van der Waals surface area contributed by atoms with Crippen LogP contribution in [0.5, 0.6) is 5.75 Å². The van der Waals surface area contributed by atoms with Crippen LogP contribution < -0.4 is 10.1 Å². The summed E-state index contributed by atoms with van der Waals surface area (Å²) in [7, 11) is 1.56. The molecule has 0 spiro atoms. The van der Waals surface area contributed by atoms with Gasteiger partial charge >= 0.3 is 0 Å².